The molecule has 0 unspecified atom stereocenters. The maximum Gasteiger partial charge on any atom is 0.429 e. The minimum absolute atomic E-state index is 0.0466. The Morgan fingerprint density at radius 3 is 1.82 bits per heavy atom. The van der Waals surface area contributed by atoms with E-state index in [1.807, 2.05) is 5.32 Å². The number of ether oxygens (including phenoxy) is 2. The lowest BCUT2D eigenvalue weighted by atomic mass is 10.1. The maximum absolute atomic E-state index is 12.6. The van der Waals surface area contributed by atoms with E-state index in [9.17, 15) is 44.3 Å². The first kappa shape index (κ1) is 26.0. The Morgan fingerprint density at radius 1 is 0.909 bits per heavy atom. The van der Waals surface area contributed by atoms with Crippen molar-refractivity contribution in [3.63, 3.8) is 0 Å². The minimum atomic E-state index is -4.81. The van der Waals surface area contributed by atoms with Gasteiger partial charge in [0, 0.05) is 18.3 Å². The molecule has 33 heavy (non-hydrogen) atoms. The Morgan fingerprint density at radius 2 is 1.42 bits per heavy atom. The summed E-state index contributed by atoms with van der Waals surface area (Å²) in [7, 11) is 0. The van der Waals surface area contributed by atoms with Gasteiger partial charge in [0.15, 0.2) is 13.2 Å². The molecule has 0 saturated carbocycles. The van der Waals surface area contributed by atoms with Crippen LogP contribution in [0.5, 0.6) is 11.8 Å². The molecule has 0 fully saturated rings. The molecule has 17 heteroatoms. The number of alkyl halides is 9. The third-order valence-electron chi connectivity index (χ3n) is 3.64. The number of hydrogen-bond donors (Lipinski definition) is 2. The van der Waals surface area contributed by atoms with Crippen molar-refractivity contribution in [1.29, 1.82) is 0 Å². The van der Waals surface area contributed by atoms with E-state index in [1.165, 1.54) is 0 Å². The summed E-state index contributed by atoms with van der Waals surface area (Å²) < 4.78 is 121. The van der Waals surface area contributed by atoms with Crippen molar-refractivity contribution in [3.8, 4) is 11.8 Å². The zero-order valence-corrected chi connectivity index (χ0v) is 16.4. The van der Waals surface area contributed by atoms with Gasteiger partial charge in [-0.25, -0.2) is 4.79 Å². The molecule has 1 aliphatic heterocycles. The summed E-state index contributed by atoms with van der Waals surface area (Å²) in [6.45, 7) is -2.66. The Kier molecular flexibility index (Phi) is 7.64. The third kappa shape index (κ3) is 8.64. The lowest BCUT2D eigenvalue weighted by Crippen LogP contribution is -2.32. The molecule has 2 heterocycles. The number of allylic oxidation sites excluding steroid dienone is 1. The highest BCUT2D eigenvalue weighted by Gasteiger charge is 2.36. The highest BCUT2D eigenvalue weighted by atomic mass is 19.4. The normalized spacial score (nSPS) is 14.8. The number of rotatable bonds is 6. The van der Waals surface area contributed by atoms with Crippen LogP contribution in [-0.2, 0) is 0 Å². The maximum atomic E-state index is 12.6. The molecule has 1 aromatic heterocycles. The zero-order chi connectivity index (χ0) is 25.0. The number of carbonyl (C=O) groups is 1. The number of amides is 2. The van der Waals surface area contributed by atoms with Gasteiger partial charge < -0.3 is 14.8 Å². The molecule has 0 bridgehead atoms. The summed E-state index contributed by atoms with van der Waals surface area (Å²) in [5.74, 6) is -2.42. The Balaban J connectivity index is 2.19. The van der Waals surface area contributed by atoms with Crippen molar-refractivity contribution in [2.24, 2.45) is 4.99 Å². The van der Waals surface area contributed by atoms with Crippen LogP contribution >= 0.6 is 0 Å². The Bertz CT molecular complexity index is 900. The van der Waals surface area contributed by atoms with Crippen molar-refractivity contribution in [1.82, 2.24) is 15.3 Å². The van der Waals surface area contributed by atoms with Crippen molar-refractivity contribution in [2.75, 3.05) is 18.5 Å². The van der Waals surface area contributed by atoms with Crippen LogP contribution in [0.2, 0.25) is 0 Å². The van der Waals surface area contributed by atoms with Gasteiger partial charge in [-0.3, -0.25) is 10.3 Å². The van der Waals surface area contributed by atoms with Crippen molar-refractivity contribution >= 4 is 17.7 Å². The molecule has 0 radical (unpaired) electrons. The summed E-state index contributed by atoms with van der Waals surface area (Å²) in [6.07, 6.45) is -14.3. The molecular formula is C16H14F9N5O3. The number of aromatic nitrogens is 2. The Labute approximate surface area is 178 Å². The number of halogens is 9. The fraction of sp³-hybridized carbons (Fsp3) is 0.500. The van der Waals surface area contributed by atoms with Gasteiger partial charge in [0.25, 0.3) is 0 Å². The van der Waals surface area contributed by atoms with E-state index in [2.05, 4.69) is 29.8 Å². The largest absolute Gasteiger partial charge is 0.468 e. The van der Waals surface area contributed by atoms with Crippen LogP contribution < -0.4 is 20.1 Å². The summed E-state index contributed by atoms with van der Waals surface area (Å²) >= 11 is 0. The van der Waals surface area contributed by atoms with E-state index in [0.717, 1.165) is 13.1 Å². The second-order valence-corrected chi connectivity index (χ2v) is 6.40. The predicted molar refractivity (Wildman–Crippen MR) is 92.8 cm³/mol. The first-order valence-corrected chi connectivity index (χ1v) is 8.72. The molecule has 2 rings (SSSR count). The number of hydrogen-bond acceptors (Lipinski definition) is 6. The molecule has 184 valence electrons. The number of nitrogens with one attached hydrogen (secondary N) is 2. The fourth-order valence-electron chi connectivity index (χ4n) is 2.24. The molecule has 1 aromatic rings. The van der Waals surface area contributed by atoms with E-state index < -0.39 is 73.2 Å². The predicted octanol–water partition coefficient (Wildman–Crippen LogP) is 4.43. The van der Waals surface area contributed by atoms with Gasteiger partial charge in [0.05, 0.1) is 5.56 Å². The van der Waals surface area contributed by atoms with E-state index in [-0.39, 0.29) is 12.1 Å². The Hall–Kier alpha value is -3.27. The number of aliphatic imine (C=N–C) groups is 1. The molecule has 2 amide bonds. The second kappa shape index (κ2) is 9.70. The molecule has 0 aromatic carbocycles. The molecule has 1 aliphatic rings. The number of anilines is 1. The van der Waals surface area contributed by atoms with E-state index >= 15 is 0 Å². The standard InChI is InChI=1S/C16H14F9N5O3/c1-7-10(32-5-14(17,18)19)28-12(29-11(7)33-6-15(20,21)22)30-13(31)27-8-2-3-9(26-4-8)16(23,24)25/h4H,2-3,5-6H2,1H3,(H2,27,28,29,30,31). The first-order chi connectivity index (χ1) is 15.0. The lowest BCUT2D eigenvalue weighted by molar-refractivity contribution is -0.154. The summed E-state index contributed by atoms with van der Waals surface area (Å²) in [4.78, 5) is 22.2. The number of carbonyl (C=O) groups excluding carboxylic acids is 1. The van der Waals surface area contributed by atoms with E-state index in [0.29, 0.717) is 0 Å². The number of urea groups is 1. The van der Waals surface area contributed by atoms with Gasteiger partial charge in [-0.05, 0) is 13.3 Å². The highest BCUT2D eigenvalue weighted by Crippen LogP contribution is 2.29. The molecule has 2 N–H and O–H groups in total. The monoisotopic (exact) mass is 495 g/mol. The second-order valence-electron chi connectivity index (χ2n) is 6.40. The quantitative estimate of drug-likeness (QED) is 0.570. The van der Waals surface area contributed by atoms with Gasteiger partial charge in [-0.2, -0.15) is 49.5 Å². The van der Waals surface area contributed by atoms with Crippen LogP contribution in [0.15, 0.2) is 16.9 Å². The van der Waals surface area contributed by atoms with Gasteiger partial charge in [-0.1, -0.05) is 0 Å². The van der Waals surface area contributed by atoms with Gasteiger partial charge in [0.2, 0.25) is 17.7 Å². The first-order valence-electron chi connectivity index (χ1n) is 8.72. The zero-order valence-electron chi connectivity index (χ0n) is 16.4. The van der Waals surface area contributed by atoms with Crippen LogP contribution in [0, 0.1) is 6.92 Å². The SMILES string of the molecule is Cc1c(OCC(F)(F)F)nc(NC(=O)NC2=CN=C(C(F)(F)F)CC2)nc1OCC(F)(F)F. The van der Waals surface area contributed by atoms with Crippen LogP contribution in [0.25, 0.3) is 0 Å². The average Bonchev–Trinajstić information content (AvgIpc) is 2.65. The van der Waals surface area contributed by atoms with Gasteiger partial charge in [0.1, 0.15) is 5.71 Å². The fourth-order valence-corrected chi connectivity index (χ4v) is 2.24. The summed E-state index contributed by atoms with van der Waals surface area (Å²) in [5, 5.41) is 4.05. The third-order valence-corrected chi connectivity index (χ3v) is 3.64. The lowest BCUT2D eigenvalue weighted by Gasteiger charge is -2.17. The smallest absolute Gasteiger partial charge is 0.429 e. The molecule has 0 aliphatic carbocycles. The van der Waals surface area contributed by atoms with Crippen LogP contribution in [0.3, 0.4) is 0 Å². The molecular weight excluding hydrogens is 481 g/mol. The van der Waals surface area contributed by atoms with Crippen molar-refractivity contribution in [2.45, 2.75) is 38.3 Å². The van der Waals surface area contributed by atoms with Crippen LogP contribution in [0.1, 0.15) is 18.4 Å². The minimum Gasteiger partial charge on any atom is -0.468 e. The van der Waals surface area contributed by atoms with E-state index in [4.69, 9.17) is 0 Å². The van der Waals surface area contributed by atoms with Crippen LogP contribution in [0.4, 0.5) is 50.3 Å². The molecule has 0 saturated heterocycles. The summed E-state index contributed by atoms with van der Waals surface area (Å²) in [6, 6.07) is -1.15. The van der Waals surface area contributed by atoms with Crippen molar-refractivity contribution in [3.05, 3.63) is 17.5 Å². The van der Waals surface area contributed by atoms with E-state index in [1.54, 1.807) is 0 Å². The highest BCUT2D eigenvalue weighted by molar-refractivity contribution is 5.92. The molecule has 0 atom stereocenters. The topological polar surface area (TPSA) is 97.7 Å². The van der Waals surface area contributed by atoms with Gasteiger partial charge >= 0.3 is 24.6 Å². The van der Waals surface area contributed by atoms with Crippen molar-refractivity contribution < 1.29 is 53.8 Å². The average molecular weight is 495 g/mol. The summed E-state index contributed by atoms with van der Waals surface area (Å²) in [5.41, 5.74) is -1.51. The van der Waals surface area contributed by atoms with Gasteiger partial charge in [-0.15, -0.1) is 0 Å². The molecule has 8 nitrogen and oxygen atoms in total. The van der Waals surface area contributed by atoms with Crippen LogP contribution in [-0.4, -0.2) is 53.5 Å². The molecule has 0 spiro atoms. The number of nitrogens with zero attached hydrogens (tertiary/aromatic N) is 3.